The average Bonchev–Trinajstić information content (AvgIpc) is 3.62. The van der Waals surface area contributed by atoms with Gasteiger partial charge in [-0.25, -0.2) is 4.39 Å². The molecule has 44 heavy (non-hydrogen) atoms. The van der Waals surface area contributed by atoms with E-state index >= 15 is 0 Å². The lowest BCUT2D eigenvalue weighted by atomic mass is 9.88. The van der Waals surface area contributed by atoms with Crippen LogP contribution in [0.2, 0.25) is 0 Å². The Balaban J connectivity index is 0.944. The van der Waals surface area contributed by atoms with Gasteiger partial charge in [0.2, 0.25) is 0 Å². The van der Waals surface area contributed by atoms with Crippen LogP contribution in [0.3, 0.4) is 0 Å². The summed E-state index contributed by atoms with van der Waals surface area (Å²) in [4.78, 5) is 50.1. The number of aromatic nitrogens is 1. The number of carbonyl (C=O) groups excluding carboxylic acids is 3. The second-order valence-electron chi connectivity index (χ2n) is 12.6. The lowest BCUT2D eigenvalue weighted by Crippen LogP contribution is -2.40. The van der Waals surface area contributed by atoms with E-state index < -0.39 is 0 Å². The topological polar surface area (TPSA) is 73.8 Å². The molecule has 0 atom stereocenters. The molecule has 8 heteroatoms. The number of hydrogen-bond donors (Lipinski definition) is 0. The fourth-order valence-corrected chi connectivity index (χ4v) is 6.82. The lowest BCUT2D eigenvalue weighted by Gasteiger charge is -2.31. The van der Waals surface area contributed by atoms with Crippen molar-refractivity contribution in [2.75, 3.05) is 44.2 Å². The van der Waals surface area contributed by atoms with Crippen molar-refractivity contribution >= 4 is 23.2 Å². The molecule has 1 aromatic heterocycles. The Morgan fingerprint density at radius 1 is 0.750 bits per heavy atom. The van der Waals surface area contributed by atoms with Crippen LogP contribution in [0, 0.1) is 17.7 Å². The highest BCUT2D eigenvalue weighted by Gasteiger charge is 2.29. The molecule has 230 valence electrons. The van der Waals surface area contributed by atoms with Crippen LogP contribution < -0.4 is 4.90 Å². The van der Waals surface area contributed by atoms with Gasteiger partial charge in [-0.05, 0) is 112 Å². The van der Waals surface area contributed by atoms with E-state index in [-0.39, 0.29) is 29.2 Å². The van der Waals surface area contributed by atoms with E-state index in [0.717, 1.165) is 56.7 Å². The summed E-state index contributed by atoms with van der Waals surface area (Å²) in [5.41, 5.74) is 3.89. The lowest BCUT2D eigenvalue weighted by molar-refractivity contribution is 0.0645. The zero-order valence-electron chi connectivity index (χ0n) is 25.3. The maximum absolute atomic E-state index is 13.2. The number of piperidine rings is 2. The van der Waals surface area contributed by atoms with Gasteiger partial charge in [-0.3, -0.25) is 24.3 Å². The molecule has 0 saturated carbocycles. The summed E-state index contributed by atoms with van der Waals surface area (Å²) < 4.78 is 13.2. The van der Waals surface area contributed by atoms with E-state index in [9.17, 15) is 18.8 Å². The Bertz CT molecular complexity index is 1440. The molecule has 3 aliphatic heterocycles. The molecule has 7 nitrogen and oxygen atoms in total. The molecule has 0 aliphatic carbocycles. The van der Waals surface area contributed by atoms with E-state index in [4.69, 9.17) is 0 Å². The van der Waals surface area contributed by atoms with Crippen LogP contribution in [-0.2, 0) is 6.54 Å². The molecule has 3 saturated heterocycles. The normalized spacial score (nSPS) is 18.5. The van der Waals surface area contributed by atoms with Gasteiger partial charge in [0.15, 0.2) is 11.6 Å². The quantitative estimate of drug-likeness (QED) is 0.281. The minimum Gasteiger partial charge on any atom is -0.372 e. The highest BCUT2D eigenvalue weighted by atomic mass is 19.1. The molecule has 6 rings (SSSR count). The zero-order valence-corrected chi connectivity index (χ0v) is 25.3. The zero-order chi connectivity index (χ0) is 30.5. The highest BCUT2D eigenvalue weighted by Crippen LogP contribution is 2.27. The number of likely N-dealkylation sites (tertiary alicyclic amines) is 2. The second kappa shape index (κ2) is 13.8. The minimum atomic E-state index is -0.222. The van der Waals surface area contributed by atoms with Crippen LogP contribution in [0.15, 0.2) is 66.9 Å². The highest BCUT2D eigenvalue weighted by molar-refractivity contribution is 5.99. The number of pyridine rings is 1. The molecule has 0 bridgehead atoms. The number of rotatable bonds is 9. The molecule has 0 unspecified atom stereocenters. The maximum atomic E-state index is 13.2. The van der Waals surface area contributed by atoms with Crippen LogP contribution in [0.5, 0.6) is 0 Å². The van der Waals surface area contributed by atoms with Gasteiger partial charge in [0.05, 0.1) is 0 Å². The second-order valence-corrected chi connectivity index (χ2v) is 12.6. The van der Waals surface area contributed by atoms with E-state index in [1.807, 2.05) is 24.3 Å². The summed E-state index contributed by atoms with van der Waals surface area (Å²) in [5.74, 6) is 0.0738. The Labute approximate surface area is 259 Å². The Morgan fingerprint density at radius 2 is 1.41 bits per heavy atom. The number of benzene rings is 2. The number of halogens is 1. The van der Waals surface area contributed by atoms with Gasteiger partial charge in [-0.2, -0.15) is 0 Å². The van der Waals surface area contributed by atoms with Crippen molar-refractivity contribution in [1.29, 1.82) is 0 Å². The fourth-order valence-electron chi connectivity index (χ4n) is 6.82. The third kappa shape index (κ3) is 7.24. The summed E-state index contributed by atoms with van der Waals surface area (Å²) in [6.07, 6.45) is 7.60. The predicted molar refractivity (Wildman–Crippen MR) is 168 cm³/mol. The van der Waals surface area contributed by atoms with Crippen LogP contribution in [0.4, 0.5) is 10.1 Å². The van der Waals surface area contributed by atoms with Gasteiger partial charge in [-0.15, -0.1) is 0 Å². The SMILES string of the molecule is O=C(CC1CCN(Cc2ccc(F)cc2)CC1)c1ccc(C(=O)N2CCC(C(=O)c3ccc(N4CCCC4)cc3)CC2)nc1. The van der Waals surface area contributed by atoms with Gasteiger partial charge >= 0.3 is 0 Å². The molecule has 0 radical (unpaired) electrons. The van der Waals surface area contributed by atoms with Crippen molar-refractivity contribution in [2.45, 2.75) is 51.5 Å². The molecule has 3 aliphatic rings. The van der Waals surface area contributed by atoms with Crippen molar-refractivity contribution in [3.63, 3.8) is 0 Å². The third-order valence-electron chi connectivity index (χ3n) is 9.58. The van der Waals surface area contributed by atoms with E-state index in [1.54, 1.807) is 17.0 Å². The summed E-state index contributed by atoms with van der Waals surface area (Å²) >= 11 is 0. The van der Waals surface area contributed by atoms with E-state index in [2.05, 4.69) is 26.9 Å². The smallest absolute Gasteiger partial charge is 0.272 e. The molecular formula is C36H41FN4O3. The standard InChI is InChI=1S/C36H41FN4O3/c37-31-8-3-27(4-9-31)25-39-19-13-26(14-20-39)23-34(42)30-7-12-33(38-24-30)36(44)41-21-15-29(16-22-41)35(43)28-5-10-32(11-6-28)40-17-1-2-18-40/h3-12,24,26,29H,1-2,13-23,25H2. The van der Waals surface area contributed by atoms with Gasteiger partial charge in [0, 0.05) is 68.1 Å². The summed E-state index contributed by atoms with van der Waals surface area (Å²) in [6.45, 7) is 5.81. The molecule has 0 spiro atoms. The summed E-state index contributed by atoms with van der Waals surface area (Å²) in [5, 5.41) is 0. The Hall–Kier alpha value is -3.91. The molecular weight excluding hydrogens is 555 g/mol. The van der Waals surface area contributed by atoms with Crippen molar-refractivity contribution in [2.24, 2.45) is 11.8 Å². The molecule has 0 N–H and O–H groups in total. The van der Waals surface area contributed by atoms with Crippen molar-refractivity contribution in [3.05, 3.63) is 95.1 Å². The summed E-state index contributed by atoms with van der Waals surface area (Å²) in [7, 11) is 0. The Morgan fingerprint density at radius 3 is 2.05 bits per heavy atom. The number of nitrogens with zero attached hydrogens (tertiary/aromatic N) is 4. The number of Topliss-reactive ketones (excluding diaryl/α,β-unsaturated/α-hetero) is 2. The average molecular weight is 597 g/mol. The number of ketones is 2. The molecule has 3 aromatic rings. The largest absolute Gasteiger partial charge is 0.372 e. The van der Waals surface area contributed by atoms with Gasteiger partial charge in [-0.1, -0.05) is 12.1 Å². The van der Waals surface area contributed by atoms with Crippen molar-refractivity contribution in [3.8, 4) is 0 Å². The molecule has 1 amide bonds. The van der Waals surface area contributed by atoms with Crippen molar-refractivity contribution in [1.82, 2.24) is 14.8 Å². The number of anilines is 1. The van der Waals surface area contributed by atoms with E-state index in [0.29, 0.717) is 49.5 Å². The Kier molecular flexibility index (Phi) is 9.45. The number of carbonyl (C=O) groups is 3. The first-order chi connectivity index (χ1) is 21.4. The van der Waals surface area contributed by atoms with Crippen LogP contribution in [-0.4, -0.2) is 71.5 Å². The number of amides is 1. The first kappa shape index (κ1) is 30.1. The molecule has 2 aromatic carbocycles. The van der Waals surface area contributed by atoms with Crippen molar-refractivity contribution < 1.29 is 18.8 Å². The van der Waals surface area contributed by atoms with Gasteiger partial charge in [0.1, 0.15) is 11.5 Å². The molecule has 3 fully saturated rings. The van der Waals surface area contributed by atoms with Gasteiger partial charge in [0.25, 0.3) is 5.91 Å². The minimum absolute atomic E-state index is 0.0567. The van der Waals surface area contributed by atoms with Crippen LogP contribution in [0.1, 0.15) is 81.7 Å². The number of hydrogen-bond acceptors (Lipinski definition) is 6. The fraction of sp³-hybridized carbons (Fsp3) is 0.444. The first-order valence-corrected chi connectivity index (χ1v) is 16.1. The predicted octanol–water partition coefficient (Wildman–Crippen LogP) is 6.04. The van der Waals surface area contributed by atoms with Crippen LogP contribution in [0.25, 0.3) is 0 Å². The van der Waals surface area contributed by atoms with Crippen LogP contribution >= 0.6 is 0 Å². The molecule has 4 heterocycles. The maximum Gasteiger partial charge on any atom is 0.272 e. The summed E-state index contributed by atoms with van der Waals surface area (Å²) in [6, 6.07) is 18.0. The van der Waals surface area contributed by atoms with Gasteiger partial charge < -0.3 is 9.80 Å². The monoisotopic (exact) mass is 596 g/mol. The van der Waals surface area contributed by atoms with E-state index in [1.165, 1.54) is 36.9 Å². The third-order valence-corrected chi connectivity index (χ3v) is 9.58. The first-order valence-electron chi connectivity index (χ1n) is 16.1.